The van der Waals surface area contributed by atoms with Gasteiger partial charge in [-0.25, -0.2) is 4.98 Å². The molecule has 1 N–H and O–H groups in total. The van der Waals surface area contributed by atoms with Gasteiger partial charge < -0.3 is 9.84 Å². The number of fused-ring (bicyclic) bond motifs is 1. The number of hydrogen-bond donors (Lipinski definition) is 1. The number of hydrogen-bond acceptors (Lipinski definition) is 3. The quantitative estimate of drug-likeness (QED) is 0.747. The molecular weight excluding hydrogens is 238 g/mol. The Balaban J connectivity index is 1.94. The van der Waals surface area contributed by atoms with Gasteiger partial charge in [-0.3, -0.25) is 0 Å². The number of ether oxygens (including phenoxy) is 1. The van der Waals surface area contributed by atoms with Crippen molar-refractivity contribution in [3.63, 3.8) is 0 Å². The van der Waals surface area contributed by atoms with Crippen molar-refractivity contribution in [1.29, 1.82) is 0 Å². The second kappa shape index (κ2) is 4.61. The third-order valence-corrected chi connectivity index (χ3v) is 2.96. The molecule has 19 heavy (non-hydrogen) atoms. The van der Waals surface area contributed by atoms with Crippen LogP contribution in [0.15, 0.2) is 54.6 Å². The Morgan fingerprint density at radius 1 is 1.00 bits per heavy atom. The first-order valence-corrected chi connectivity index (χ1v) is 6.06. The lowest BCUT2D eigenvalue weighted by Gasteiger charge is -2.07. The maximum atomic E-state index is 9.48. The highest BCUT2D eigenvalue weighted by Crippen LogP contribution is 2.26. The molecule has 0 aliphatic carbocycles. The molecule has 0 fully saturated rings. The van der Waals surface area contributed by atoms with Crippen LogP contribution in [0.1, 0.15) is 5.56 Å². The van der Waals surface area contributed by atoms with Crippen molar-refractivity contribution in [3.8, 4) is 17.4 Å². The maximum Gasteiger partial charge on any atom is 0.219 e. The van der Waals surface area contributed by atoms with E-state index >= 15 is 0 Å². The number of nitrogens with zero attached hydrogens (tertiary/aromatic N) is 1. The first-order chi connectivity index (χ1) is 9.22. The van der Waals surface area contributed by atoms with E-state index in [4.69, 9.17) is 4.74 Å². The summed E-state index contributed by atoms with van der Waals surface area (Å²) in [6.45, 7) is 1.83. The predicted octanol–water partition coefficient (Wildman–Crippen LogP) is 4.04. The van der Waals surface area contributed by atoms with E-state index in [0.29, 0.717) is 11.6 Å². The van der Waals surface area contributed by atoms with Crippen LogP contribution in [0.3, 0.4) is 0 Å². The minimum absolute atomic E-state index is 0.263. The van der Waals surface area contributed by atoms with Crippen LogP contribution in [0.2, 0.25) is 0 Å². The van der Waals surface area contributed by atoms with Crippen molar-refractivity contribution in [1.82, 2.24) is 4.98 Å². The van der Waals surface area contributed by atoms with E-state index < -0.39 is 0 Å². The van der Waals surface area contributed by atoms with E-state index in [0.717, 1.165) is 16.5 Å². The van der Waals surface area contributed by atoms with Gasteiger partial charge >= 0.3 is 0 Å². The topological polar surface area (TPSA) is 42.4 Å². The fourth-order valence-corrected chi connectivity index (χ4v) is 1.92. The molecule has 0 amide bonds. The smallest absolute Gasteiger partial charge is 0.219 e. The summed E-state index contributed by atoms with van der Waals surface area (Å²) in [6, 6.07) is 16.8. The monoisotopic (exact) mass is 251 g/mol. The van der Waals surface area contributed by atoms with Crippen LogP contribution in [0.25, 0.3) is 10.9 Å². The number of aromatic hydroxyl groups is 1. The molecule has 0 saturated carbocycles. The Kier molecular flexibility index (Phi) is 2.80. The van der Waals surface area contributed by atoms with Gasteiger partial charge in [0.2, 0.25) is 5.88 Å². The van der Waals surface area contributed by atoms with Crippen LogP contribution in [-0.4, -0.2) is 10.1 Å². The molecule has 1 heterocycles. The maximum absolute atomic E-state index is 9.48. The van der Waals surface area contributed by atoms with E-state index in [9.17, 15) is 5.11 Å². The second-order valence-electron chi connectivity index (χ2n) is 4.39. The van der Waals surface area contributed by atoms with Crippen LogP contribution in [-0.2, 0) is 0 Å². The summed E-state index contributed by atoms with van der Waals surface area (Å²) >= 11 is 0. The van der Waals surface area contributed by atoms with Crippen LogP contribution in [0.4, 0.5) is 0 Å². The molecule has 3 heteroatoms. The second-order valence-corrected chi connectivity index (χ2v) is 4.39. The van der Waals surface area contributed by atoms with Crippen molar-refractivity contribution < 1.29 is 9.84 Å². The molecule has 0 bridgehead atoms. The molecule has 1 aromatic heterocycles. The van der Waals surface area contributed by atoms with Crippen LogP contribution in [0, 0.1) is 6.92 Å². The SMILES string of the molecule is Cc1cc(Oc2ccc3ccccc3n2)ccc1O. The number of phenolic OH excluding ortho intramolecular Hbond substituents is 1. The molecule has 0 saturated heterocycles. The average Bonchev–Trinajstić information content (AvgIpc) is 2.43. The highest BCUT2D eigenvalue weighted by Gasteiger charge is 2.03. The summed E-state index contributed by atoms with van der Waals surface area (Å²) in [5.74, 6) is 1.47. The van der Waals surface area contributed by atoms with Crippen molar-refractivity contribution in [3.05, 3.63) is 60.2 Å². The van der Waals surface area contributed by atoms with Crippen LogP contribution < -0.4 is 4.74 Å². The predicted molar refractivity (Wildman–Crippen MR) is 74.7 cm³/mol. The molecule has 0 spiro atoms. The largest absolute Gasteiger partial charge is 0.508 e. The number of rotatable bonds is 2. The van der Waals surface area contributed by atoms with Gasteiger partial charge in [0.1, 0.15) is 11.5 Å². The zero-order valence-electron chi connectivity index (χ0n) is 10.5. The van der Waals surface area contributed by atoms with Gasteiger partial charge in [0.15, 0.2) is 0 Å². The van der Waals surface area contributed by atoms with E-state index in [-0.39, 0.29) is 5.75 Å². The summed E-state index contributed by atoms with van der Waals surface area (Å²) in [4.78, 5) is 4.44. The van der Waals surface area contributed by atoms with Crippen molar-refractivity contribution in [2.45, 2.75) is 6.92 Å². The van der Waals surface area contributed by atoms with Crippen molar-refractivity contribution in [2.75, 3.05) is 0 Å². The number of aromatic nitrogens is 1. The van der Waals surface area contributed by atoms with Gasteiger partial charge in [0.25, 0.3) is 0 Å². The highest BCUT2D eigenvalue weighted by molar-refractivity contribution is 5.78. The Morgan fingerprint density at radius 3 is 2.68 bits per heavy atom. The van der Waals surface area contributed by atoms with Crippen LogP contribution >= 0.6 is 0 Å². The Morgan fingerprint density at radius 2 is 1.84 bits per heavy atom. The van der Waals surface area contributed by atoms with E-state index in [1.807, 2.05) is 43.3 Å². The van der Waals surface area contributed by atoms with Crippen LogP contribution in [0.5, 0.6) is 17.4 Å². The summed E-state index contributed by atoms with van der Waals surface area (Å²) in [5, 5.41) is 10.6. The lowest BCUT2D eigenvalue weighted by molar-refractivity contribution is 0.453. The first-order valence-electron chi connectivity index (χ1n) is 6.06. The third kappa shape index (κ3) is 2.36. The molecule has 0 atom stereocenters. The van der Waals surface area contributed by atoms with E-state index in [1.165, 1.54) is 0 Å². The van der Waals surface area contributed by atoms with Crippen molar-refractivity contribution >= 4 is 10.9 Å². The fourth-order valence-electron chi connectivity index (χ4n) is 1.92. The zero-order chi connectivity index (χ0) is 13.2. The highest BCUT2D eigenvalue weighted by atomic mass is 16.5. The minimum atomic E-state index is 0.263. The molecule has 3 nitrogen and oxygen atoms in total. The fraction of sp³-hybridized carbons (Fsp3) is 0.0625. The molecule has 0 aliphatic heterocycles. The van der Waals surface area contributed by atoms with Gasteiger partial charge in [-0.15, -0.1) is 0 Å². The molecule has 3 aromatic rings. The summed E-state index contributed by atoms with van der Waals surface area (Å²) in [5.41, 5.74) is 1.67. The lowest BCUT2D eigenvalue weighted by atomic mass is 10.2. The van der Waals surface area contributed by atoms with Gasteiger partial charge in [-0.05, 0) is 42.8 Å². The standard InChI is InChI=1S/C16H13NO2/c1-11-10-13(7-8-15(11)18)19-16-9-6-12-4-2-3-5-14(12)17-16/h2-10,18H,1H3. The number of aryl methyl sites for hydroxylation is 1. The summed E-state index contributed by atoms with van der Waals surface area (Å²) < 4.78 is 5.70. The summed E-state index contributed by atoms with van der Waals surface area (Å²) in [6.07, 6.45) is 0. The molecule has 0 radical (unpaired) electrons. The molecule has 3 rings (SSSR count). The average molecular weight is 251 g/mol. The number of para-hydroxylation sites is 1. The Labute approximate surface area is 111 Å². The van der Waals surface area contributed by atoms with E-state index in [2.05, 4.69) is 4.98 Å². The first kappa shape index (κ1) is 11.5. The number of benzene rings is 2. The normalized spacial score (nSPS) is 10.6. The molecule has 2 aromatic carbocycles. The van der Waals surface area contributed by atoms with Gasteiger partial charge in [0.05, 0.1) is 5.52 Å². The van der Waals surface area contributed by atoms with Gasteiger partial charge in [-0.2, -0.15) is 0 Å². The number of phenols is 1. The molecule has 0 aliphatic rings. The Hall–Kier alpha value is -2.55. The third-order valence-electron chi connectivity index (χ3n) is 2.96. The lowest BCUT2D eigenvalue weighted by Crippen LogP contribution is -1.89. The molecular formula is C16H13NO2. The minimum Gasteiger partial charge on any atom is -0.508 e. The summed E-state index contributed by atoms with van der Waals surface area (Å²) in [7, 11) is 0. The number of pyridine rings is 1. The Bertz CT molecular complexity index is 738. The molecule has 94 valence electrons. The molecule has 0 unspecified atom stereocenters. The van der Waals surface area contributed by atoms with Gasteiger partial charge in [-0.1, -0.05) is 18.2 Å². The van der Waals surface area contributed by atoms with E-state index in [1.54, 1.807) is 18.2 Å². The van der Waals surface area contributed by atoms with Crippen molar-refractivity contribution in [2.24, 2.45) is 0 Å². The zero-order valence-corrected chi connectivity index (χ0v) is 10.5. The van der Waals surface area contributed by atoms with Gasteiger partial charge in [0, 0.05) is 11.5 Å².